The lowest BCUT2D eigenvalue weighted by molar-refractivity contribution is -0.120. The lowest BCUT2D eigenvalue weighted by Crippen LogP contribution is -2.40. The van der Waals surface area contributed by atoms with Crippen LogP contribution in [0.4, 0.5) is 19.0 Å². The van der Waals surface area contributed by atoms with Crippen molar-refractivity contribution in [3.8, 4) is 0 Å². The molecule has 0 fully saturated rings. The predicted molar refractivity (Wildman–Crippen MR) is 79.6 cm³/mol. The number of hydrogen-bond donors (Lipinski definition) is 1. The monoisotopic (exact) mass is 303 g/mol. The summed E-state index contributed by atoms with van der Waals surface area (Å²) in [7, 11) is 0. The number of pyridine rings is 1. The van der Waals surface area contributed by atoms with Crippen molar-refractivity contribution in [2.24, 2.45) is 0 Å². The fourth-order valence-electron chi connectivity index (χ4n) is 2.24. The Morgan fingerprint density at radius 2 is 1.90 bits per heavy atom. The molecule has 0 saturated carbocycles. The molecule has 0 radical (unpaired) electrons. The molecule has 0 unspecified atom stereocenters. The SMILES string of the molecule is CCNCc1c(C)cc(C)nc1N(CC(F)(F)F)C(C)C. The smallest absolute Gasteiger partial charge is 0.345 e. The molecule has 3 nitrogen and oxygen atoms in total. The van der Waals surface area contributed by atoms with Gasteiger partial charge in [0.15, 0.2) is 0 Å². The van der Waals surface area contributed by atoms with E-state index in [4.69, 9.17) is 0 Å². The van der Waals surface area contributed by atoms with Gasteiger partial charge in [-0.15, -0.1) is 0 Å². The van der Waals surface area contributed by atoms with Crippen LogP contribution in [0.15, 0.2) is 6.07 Å². The zero-order valence-electron chi connectivity index (χ0n) is 13.3. The van der Waals surface area contributed by atoms with Crippen LogP contribution >= 0.6 is 0 Å². The van der Waals surface area contributed by atoms with Gasteiger partial charge in [-0.05, 0) is 45.9 Å². The zero-order valence-corrected chi connectivity index (χ0v) is 13.3. The Kier molecular flexibility index (Phi) is 6.01. The maximum atomic E-state index is 12.9. The first kappa shape index (κ1) is 17.8. The number of aromatic nitrogens is 1. The number of halogens is 3. The van der Waals surface area contributed by atoms with E-state index < -0.39 is 12.7 Å². The first-order valence-electron chi connectivity index (χ1n) is 7.17. The first-order chi connectivity index (χ1) is 9.65. The van der Waals surface area contributed by atoms with Gasteiger partial charge in [-0.1, -0.05) is 6.92 Å². The number of aryl methyl sites for hydroxylation is 2. The summed E-state index contributed by atoms with van der Waals surface area (Å²) in [6.45, 7) is 9.48. The molecule has 1 aromatic rings. The normalized spacial score (nSPS) is 12.0. The third-order valence-electron chi connectivity index (χ3n) is 3.25. The third kappa shape index (κ3) is 5.19. The van der Waals surface area contributed by atoms with E-state index in [-0.39, 0.29) is 6.04 Å². The van der Waals surface area contributed by atoms with Gasteiger partial charge in [-0.3, -0.25) is 0 Å². The van der Waals surface area contributed by atoms with Crippen molar-refractivity contribution in [2.75, 3.05) is 18.0 Å². The summed E-state index contributed by atoms with van der Waals surface area (Å²) in [5, 5.41) is 3.17. The van der Waals surface area contributed by atoms with E-state index in [9.17, 15) is 13.2 Å². The Labute approximate surface area is 124 Å². The standard InChI is InChI=1S/C15H24F3N3/c1-6-19-8-13-11(4)7-12(5)20-14(13)21(10(2)3)9-15(16,17)18/h7,10,19H,6,8-9H2,1-5H3. The second-order valence-electron chi connectivity index (χ2n) is 5.50. The third-order valence-corrected chi connectivity index (χ3v) is 3.25. The summed E-state index contributed by atoms with van der Waals surface area (Å²) < 4.78 is 38.6. The minimum Gasteiger partial charge on any atom is -0.345 e. The lowest BCUT2D eigenvalue weighted by atomic mass is 10.1. The minimum atomic E-state index is -4.25. The van der Waals surface area contributed by atoms with Crippen molar-refractivity contribution in [2.45, 2.75) is 53.4 Å². The Bertz CT molecular complexity index is 470. The van der Waals surface area contributed by atoms with Gasteiger partial charge >= 0.3 is 6.18 Å². The van der Waals surface area contributed by atoms with Gasteiger partial charge in [-0.2, -0.15) is 13.2 Å². The molecule has 0 aromatic carbocycles. The Morgan fingerprint density at radius 1 is 1.29 bits per heavy atom. The molecule has 0 saturated heterocycles. The highest BCUT2D eigenvalue weighted by atomic mass is 19.4. The average molecular weight is 303 g/mol. The molecule has 0 atom stereocenters. The Hall–Kier alpha value is -1.30. The van der Waals surface area contributed by atoms with Crippen molar-refractivity contribution >= 4 is 5.82 Å². The molecule has 1 rings (SSSR count). The van der Waals surface area contributed by atoms with E-state index in [0.29, 0.717) is 12.4 Å². The van der Waals surface area contributed by atoms with Crippen LogP contribution in [0.1, 0.15) is 37.6 Å². The molecule has 1 heterocycles. The van der Waals surface area contributed by atoms with Gasteiger partial charge in [0, 0.05) is 23.8 Å². The van der Waals surface area contributed by atoms with Crippen molar-refractivity contribution in [3.05, 3.63) is 22.9 Å². The van der Waals surface area contributed by atoms with Crippen LogP contribution in [-0.4, -0.2) is 30.3 Å². The van der Waals surface area contributed by atoms with Crippen LogP contribution < -0.4 is 10.2 Å². The average Bonchev–Trinajstić information content (AvgIpc) is 2.33. The van der Waals surface area contributed by atoms with E-state index in [0.717, 1.165) is 23.4 Å². The second-order valence-corrected chi connectivity index (χ2v) is 5.50. The fraction of sp³-hybridized carbons (Fsp3) is 0.667. The summed E-state index contributed by atoms with van der Waals surface area (Å²) in [4.78, 5) is 5.70. The molecule has 120 valence electrons. The van der Waals surface area contributed by atoms with Crippen LogP contribution in [0.3, 0.4) is 0 Å². The number of rotatable bonds is 6. The van der Waals surface area contributed by atoms with Crippen molar-refractivity contribution in [1.82, 2.24) is 10.3 Å². The van der Waals surface area contributed by atoms with Gasteiger partial charge in [0.1, 0.15) is 12.4 Å². The van der Waals surface area contributed by atoms with Gasteiger partial charge in [-0.25, -0.2) is 4.98 Å². The summed E-state index contributed by atoms with van der Waals surface area (Å²) in [6.07, 6.45) is -4.25. The first-order valence-corrected chi connectivity index (χ1v) is 7.17. The van der Waals surface area contributed by atoms with Crippen molar-refractivity contribution in [1.29, 1.82) is 0 Å². The van der Waals surface area contributed by atoms with Gasteiger partial charge in [0.2, 0.25) is 0 Å². The molecule has 0 aliphatic rings. The molecule has 0 spiro atoms. The molecular formula is C15H24F3N3. The Balaban J connectivity index is 3.28. The second kappa shape index (κ2) is 7.11. The van der Waals surface area contributed by atoms with E-state index >= 15 is 0 Å². The van der Waals surface area contributed by atoms with Crippen LogP contribution in [0.2, 0.25) is 0 Å². The number of anilines is 1. The quantitative estimate of drug-likeness (QED) is 0.870. The number of nitrogens with one attached hydrogen (secondary N) is 1. The highest BCUT2D eigenvalue weighted by Crippen LogP contribution is 2.28. The highest BCUT2D eigenvalue weighted by molar-refractivity contribution is 5.52. The van der Waals surface area contributed by atoms with E-state index in [1.54, 1.807) is 20.8 Å². The van der Waals surface area contributed by atoms with Gasteiger partial charge < -0.3 is 10.2 Å². The number of alkyl halides is 3. The van der Waals surface area contributed by atoms with Crippen molar-refractivity contribution < 1.29 is 13.2 Å². The van der Waals surface area contributed by atoms with E-state index in [1.807, 2.05) is 19.9 Å². The topological polar surface area (TPSA) is 28.2 Å². The van der Waals surface area contributed by atoms with E-state index in [2.05, 4.69) is 10.3 Å². The summed E-state index contributed by atoms with van der Waals surface area (Å²) in [5.74, 6) is 0.431. The summed E-state index contributed by atoms with van der Waals surface area (Å²) in [5.41, 5.74) is 2.53. The van der Waals surface area contributed by atoms with E-state index in [1.165, 1.54) is 4.90 Å². The minimum absolute atomic E-state index is 0.277. The molecule has 1 aromatic heterocycles. The van der Waals surface area contributed by atoms with Crippen molar-refractivity contribution in [3.63, 3.8) is 0 Å². The van der Waals surface area contributed by atoms with Gasteiger partial charge in [0.25, 0.3) is 0 Å². The highest BCUT2D eigenvalue weighted by Gasteiger charge is 2.33. The van der Waals surface area contributed by atoms with Gasteiger partial charge in [0.05, 0.1) is 0 Å². The molecule has 21 heavy (non-hydrogen) atoms. The molecule has 0 amide bonds. The molecule has 6 heteroatoms. The number of nitrogens with zero attached hydrogens (tertiary/aromatic N) is 2. The predicted octanol–water partition coefficient (Wildman–Crippen LogP) is 3.59. The zero-order chi connectivity index (χ0) is 16.2. The van der Waals surface area contributed by atoms with Crippen LogP contribution in [-0.2, 0) is 6.54 Å². The maximum absolute atomic E-state index is 12.9. The van der Waals surface area contributed by atoms with Crippen LogP contribution in [0.5, 0.6) is 0 Å². The number of hydrogen-bond acceptors (Lipinski definition) is 3. The molecule has 1 N–H and O–H groups in total. The van der Waals surface area contributed by atoms with Crippen LogP contribution in [0, 0.1) is 13.8 Å². The van der Waals surface area contributed by atoms with Crippen LogP contribution in [0.25, 0.3) is 0 Å². The molecule has 0 bridgehead atoms. The lowest BCUT2D eigenvalue weighted by Gasteiger charge is -2.31. The maximum Gasteiger partial charge on any atom is 0.405 e. The molecule has 0 aliphatic carbocycles. The largest absolute Gasteiger partial charge is 0.405 e. The summed E-state index contributed by atoms with van der Waals surface area (Å²) in [6, 6.07) is 1.63. The fourth-order valence-corrected chi connectivity index (χ4v) is 2.24. The molecule has 0 aliphatic heterocycles. The molecular weight excluding hydrogens is 279 g/mol. The summed E-state index contributed by atoms with van der Waals surface area (Å²) >= 11 is 0. The Morgan fingerprint density at radius 3 is 2.38 bits per heavy atom.